The van der Waals surface area contributed by atoms with E-state index in [9.17, 15) is 4.79 Å². The van der Waals surface area contributed by atoms with Crippen molar-refractivity contribution in [3.8, 4) is 0 Å². The molecule has 2 fully saturated rings. The standard InChI is InChI=1S/C20H31N3O2/c24-20(21-9-4-12-22-13-15-25-16-14-22)19-7-5-18(6-8-19)17-23-10-2-1-3-11-23/h5-8H,1-4,9-17H2,(H,21,24). The Bertz CT molecular complexity index is 520. The van der Waals surface area contributed by atoms with Gasteiger partial charge in [0.15, 0.2) is 0 Å². The van der Waals surface area contributed by atoms with E-state index in [1.54, 1.807) is 0 Å². The molecule has 1 aromatic rings. The van der Waals surface area contributed by atoms with Crippen molar-refractivity contribution in [2.24, 2.45) is 0 Å². The third-order valence-corrected chi connectivity index (χ3v) is 5.11. The minimum atomic E-state index is 0.0338. The predicted molar refractivity (Wildman–Crippen MR) is 99.8 cm³/mol. The zero-order valence-electron chi connectivity index (χ0n) is 15.2. The smallest absolute Gasteiger partial charge is 0.251 e. The summed E-state index contributed by atoms with van der Waals surface area (Å²) < 4.78 is 5.35. The maximum absolute atomic E-state index is 12.2. The van der Waals surface area contributed by atoms with E-state index in [1.807, 2.05) is 12.1 Å². The van der Waals surface area contributed by atoms with Gasteiger partial charge in [0, 0.05) is 31.7 Å². The maximum atomic E-state index is 12.2. The molecule has 2 saturated heterocycles. The van der Waals surface area contributed by atoms with Gasteiger partial charge in [-0.25, -0.2) is 0 Å². The summed E-state index contributed by atoms with van der Waals surface area (Å²) >= 11 is 0. The highest BCUT2D eigenvalue weighted by molar-refractivity contribution is 5.94. The van der Waals surface area contributed by atoms with E-state index in [2.05, 4.69) is 27.2 Å². The van der Waals surface area contributed by atoms with Crippen LogP contribution in [0, 0.1) is 0 Å². The fraction of sp³-hybridized carbons (Fsp3) is 0.650. The second kappa shape index (κ2) is 9.90. The van der Waals surface area contributed by atoms with Crippen LogP contribution in [0.4, 0.5) is 0 Å². The second-order valence-electron chi connectivity index (χ2n) is 7.10. The molecule has 0 radical (unpaired) electrons. The Morgan fingerprint density at radius 1 is 0.960 bits per heavy atom. The van der Waals surface area contributed by atoms with Crippen LogP contribution in [0.2, 0.25) is 0 Å². The summed E-state index contributed by atoms with van der Waals surface area (Å²) in [6.07, 6.45) is 4.97. The normalized spacial score (nSPS) is 19.7. The zero-order chi connectivity index (χ0) is 17.3. The van der Waals surface area contributed by atoms with E-state index in [4.69, 9.17) is 4.74 Å². The lowest BCUT2D eigenvalue weighted by Gasteiger charge is -2.26. The number of ether oxygens (including phenoxy) is 1. The summed E-state index contributed by atoms with van der Waals surface area (Å²) in [6, 6.07) is 8.10. The van der Waals surface area contributed by atoms with Crippen molar-refractivity contribution in [1.29, 1.82) is 0 Å². The van der Waals surface area contributed by atoms with Gasteiger partial charge >= 0.3 is 0 Å². The van der Waals surface area contributed by atoms with Crippen molar-refractivity contribution in [2.75, 3.05) is 52.5 Å². The minimum absolute atomic E-state index is 0.0338. The molecule has 0 spiro atoms. The summed E-state index contributed by atoms with van der Waals surface area (Å²) in [6.45, 7) is 8.83. The van der Waals surface area contributed by atoms with Crippen molar-refractivity contribution in [3.05, 3.63) is 35.4 Å². The highest BCUT2D eigenvalue weighted by Gasteiger charge is 2.12. The number of nitrogens with zero attached hydrogens (tertiary/aromatic N) is 2. The molecule has 0 aromatic heterocycles. The van der Waals surface area contributed by atoms with Crippen molar-refractivity contribution in [3.63, 3.8) is 0 Å². The van der Waals surface area contributed by atoms with E-state index < -0.39 is 0 Å². The lowest BCUT2D eigenvalue weighted by atomic mass is 10.1. The highest BCUT2D eigenvalue weighted by Crippen LogP contribution is 2.13. The molecular formula is C20H31N3O2. The Labute approximate surface area is 151 Å². The topological polar surface area (TPSA) is 44.8 Å². The van der Waals surface area contributed by atoms with Crippen molar-refractivity contribution >= 4 is 5.91 Å². The van der Waals surface area contributed by atoms with Crippen LogP contribution in [-0.4, -0.2) is 68.2 Å². The van der Waals surface area contributed by atoms with Gasteiger partial charge in [0.05, 0.1) is 13.2 Å². The van der Waals surface area contributed by atoms with Gasteiger partial charge in [-0.1, -0.05) is 18.6 Å². The average molecular weight is 345 g/mol. The number of morpholine rings is 1. The third-order valence-electron chi connectivity index (χ3n) is 5.11. The molecule has 0 atom stereocenters. The van der Waals surface area contributed by atoms with Crippen LogP contribution in [0.5, 0.6) is 0 Å². The Morgan fingerprint density at radius 2 is 1.68 bits per heavy atom. The van der Waals surface area contributed by atoms with Gasteiger partial charge < -0.3 is 10.1 Å². The lowest BCUT2D eigenvalue weighted by Crippen LogP contribution is -2.38. The zero-order valence-corrected chi connectivity index (χ0v) is 15.2. The Morgan fingerprint density at radius 3 is 2.40 bits per heavy atom. The molecule has 2 heterocycles. The number of amides is 1. The number of hydrogen-bond donors (Lipinski definition) is 1. The van der Waals surface area contributed by atoms with Crippen LogP contribution in [-0.2, 0) is 11.3 Å². The first-order valence-corrected chi connectivity index (χ1v) is 9.71. The molecule has 0 saturated carbocycles. The lowest BCUT2D eigenvalue weighted by molar-refractivity contribution is 0.0374. The van der Waals surface area contributed by atoms with Crippen molar-refractivity contribution in [2.45, 2.75) is 32.2 Å². The van der Waals surface area contributed by atoms with Crippen molar-refractivity contribution < 1.29 is 9.53 Å². The Balaban J connectivity index is 1.36. The van der Waals surface area contributed by atoms with Gasteiger partial charge in [0.2, 0.25) is 0 Å². The Hall–Kier alpha value is -1.43. The minimum Gasteiger partial charge on any atom is -0.379 e. The maximum Gasteiger partial charge on any atom is 0.251 e. The highest BCUT2D eigenvalue weighted by atomic mass is 16.5. The number of hydrogen-bond acceptors (Lipinski definition) is 4. The molecule has 2 aliphatic heterocycles. The summed E-state index contributed by atoms with van der Waals surface area (Å²) in [5, 5.41) is 3.03. The SMILES string of the molecule is O=C(NCCCN1CCOCC1)c1ccc(CN2CCCCC2)cc1. The molecule has 138 valence electrons. The first-order valence-electron chi connectivity index (χ1n) is 9.71. The number of piperidine rings is 1. The molecule has 2 aliphatic rings. The number of nitrogens with one attached hydrogen (secondary N) is 1. The molecule has 1 amide bonds. The van der Waals surface area contributed by atoms with Crippen LogP contribution in [0.15, 0.2) is 24.3 Å². The van der Waals surface area contributed by atoms with Gasteiger partial charge in [-0.3, -0.25) is 14.6 Å². The van der Waals surface area contributed by atoms with Crippen LogP contribution in [0.25, 0.3) is 0 Å². The number of benzene rings is 1. The van der Waals surface area contributed by atoms with Gasteiger partial charge in [-0.2, -0.15) is 0 Å². The predicted octanol–water partition coefficient (Wildman–Crippen LogP) is 2.12. The third kappa shape index (κ3) is 6.10. The van der Waals surface area contributed by atoms with Crippen LogP contribution in [0.3, 0.4) is 0 Å². The number of rotatable bonds is 7. The molecule has 0 bridgehead atoms. The van der Waals surface area contributed by atoms with Gasteiger partial charge in [-0.15, -0.1) is 0 Å². The monoisotopic (exact) mass is 345 g/mol. The fourth-order valence-electron chi connectivity index (χ4n) is 3.57. The molecule has 1 aromatic carbocycles. The van der Waals surface area contributed by atoms with Crippen LogP contribution in [0.1, 0.15) is 41.6 Å². The van der Waals surface area contributed by atoms with E-state index in [0.717, 1.165) is 57.9 Å². The summed E-state index contributed by atoms with van der Waals surface area (Å²) in [7, 11) is 0. The van der Waals surface area contributed by atoms with Gasteiger partial charge in [0.1, 0.15) is 0 Å². The molecule has 0 aliphatic carbocycles. The van der Waals surface area contributed by atoms with Gasteiger partial charge in [0.25, 0.3) is 5.91 Å². The fourth-order valence-corrected chi connectivity index (χ4v) is 3.57. The number of likely N-dealkylation sites (tertiary alicyclic amines) is 1. The van der Waals surface area contributed by atoms with Gasteiger partial charge in [-0.05, 0) is 56.6 Å². The molecule has 1 N–H and O–H groups in total. The van der Waals surface area contributed by atoms with Crippen LogP contribution < -0.4 is 5.32 Å². The van der Waals surface area contributed by atoms with E-state index in [1.165, 1.54) is 37.9 Å². The summed E-state index contributed by atoms with van der Waals surface area (Å²) in [5.74, 6) is 0.0338. The van der Waals surface area contributed by atoms with E-state index in [-0.39, 0.29) is 5.91 Å². The first kappa shape index (κ1) is 18.4. The quantitative estimate of drug-likeness (QED) is 0.769. The second-order valence-corrected chi connectivity index (χ2v) is 7.10. The van der Waals surface area contributed by atoms with Crippen molar-refractivity contribution in [1.82, 2.24) is 15.1 Å². The molecule has 5 nitrogen and oxygen atoms in total. The molecule has 5 heteroatoms. The van der Waals surface area contributed by atoms with E-state index >= 15 is 0 Å². The number of carbonyl (C=O) groups is 1. The molecule has 25 heavy (non-hydrogen) atoms. The molecular weight excluding hydrogens is 314 g/mol. The molecule has 0 unspecified atom stereocenters. The number of carbonyl (C=O) groups excluding carboxylic acids is 1. The Kier molecular flexibility index (Phi) is 7.27. The largest absolute Gasteiger partial charge is 0.379 e. The molecule has 3 rings (SSSR count). The van der Waals surface area contributed by atoms with E-state index in [0.29, 0.717) is 0 Å². The average Bonchev–Trinajstić information content (AvgIpc) is 2.67. The van der Waals surface area contributed by atoms with Crippen LogP contribution >= 0.6 is 0 Å². The first-order chi connectivity index (χ1) is 12.3. The summed E-state index contributed by atoms with van der Waals surface area (Å²) in [4.78, 5) is 17.1. The summed E-state index contributed by atoms with van der Waals surface area (Å²) in [5.41, 5.74) is 2.06.